The maximum Gasteiger partial charge on any atom is 0.408 e. The number of amides is 1. The van der Waals surface area contributed by atoms with Gasteiger partial charge < -0.3 is 14.8 Å². The normalized spacial score (nSPS) is 11.4. The Labute approximate surface area is 141 Å². The lowest BCUT2D eigenvalue weighted by molar-refractivity contribution is -0.147. The van der Waals surface area contributed by atoms with Gasteiger partial charge in [-0.25, -0.2) is 9.59 Å². The molecule has 0 saturated heterocycles. The number of carbonyl (C=O) groups is 2. The molecule has 5 heteroatoms. The van der Waals surface area contributed by atoms with Crippen molar-refractivity contribution in [3.05, 3.63) is 71.8 Å². The molecule has 0 aromatic heterocycles. The molecular formula is C19H21NO4. The van der Waals surface area contributed by atoms with Gasteiger partial charge in [-0.3, -0.25) is 0 Å². The highest BCUT2D eigenvalue weighted by Crippen LogP contribution is 2.05. The number of alkyl carbamates (subject to hydrolysis) is 1. The van der Waals surface area contributed by atoms with Crippen molar-refractivity contribution in [2.75, 3.05) is 0 Å². The van der Waals surface area contributed by atoms with Crippen molar-refractivity contribution in [1.29, 1.82) is 0 Å². The van der Waals surface area contributed by atoms with E-state index < -0.39 is 18.1 Å². The summed E-state index contributed by atoms with van der Waals surface area (Å²) in [6, 6.07) is 18.0. The van der Waals surface area contributed by atoms with Crippen LogP contribution in [-0.4, -0.2) is 18.1 Å². The van der Waals surface area contributed by atoms with E-state index in [4.69, 9.17) is 9.47 Å². The molecule has 1 atom stereocenters. The Morgan fingerprint density at radius 1 is 0.875 bits per heavy atom. The molecule has 5 nitrogen and oxygen atoms in total. The number of nitrogens with one attached hydrogen (secondary N) is 1. The first kappa shape index (κ1) is 17.5. The van der Waals surface area contributed by atoms with Gasteiger partial charge in [-0.2, -0.15) is 0 Å². The van der Waals surface area contributed by atoms with Crippen LogP contribution in [0.2, 0.25) is 0 Å². The van der Waals surface area contributed by atoms with Gasteiger partial charge >= 0.3 is 12.1 Å². The van der Waals surface area contributed by atoms with E-state index in [1.807, 2.05) is 60.7 Å². The average Bonchev–Trinajstić information content (AvgIpc) is 2.64. The Kier molecular flexibility index (Phi) is 6.83. The smallest absolute Gasteiger partial charge is 0.408 e. The van der Waals surface area contributed by atoms with Crippen molar-refractivity contribution in [3.8, 4) is 0 Å². The molecule has 1 N–H and O–H groups in total. The fourth-order valence-corrected chi connectivity index (χ4v) is 2.06. The minimum absolute atomic E-state index is 0.155. The monoisotopic (exact) mass is 327 g/mol. The summed E-state index contributed by atoms with van der Waals surface area (Å²) in [6.07, 6.45) is -0.212. The summed E-state index contributed by atoms with van der Waals surface area (Å²) in [7, 11) is 0. The third kappa shape index (κ3) is 5.76. The zero-order valence-electron chi connectivity index (χ0n) is 13.6. The molecule has 0 fully saturated rings. The molecule has 0 aliphatic carbocycles. The van der Waals surface area contributed by atoms with Crippen molar-refractivity contribution in [2.45, 2.75) is 32.6 Å². The highest BCUT2D eigenvalue weighted by Gasteiger charge is 2.21. The number of ether oxygens (including phenoxy) is 2. The molecule has 1 amide bonds. The van der Waals surface area contributed by atoms with Crippen molar-refractivity contribution in [3.63, 3.8) is 0 Å². The zero-order valence-corrected chi connectivity index (χ0v) is 13.6. The molecule has 0 saturated carbocycles. The molecule has 2 aromatic rings. The van der Waals surface area contributed by atoms with Crippen LogP contribution in [0.15, 0.2) is 60.7 Å². The predicted molar refractivity (Wildman–Crippen MR) is 90.1 cm³/mol. The molecule has 0 spiro atoms. The molecule has 0 aliphatic heterocycles. The second-order valence-electron chi connectivity index (χ2n) is 5.26. The van der Waals surface area contributed by atoms with Crippen molar-refractivity contribution >= 4 is 12.1 Å². The molecule has 126 valence electrons. The van der Waals surface area contributed by atoms with E-state index in [1.165, 1.54) is 0 Å². The summed E-state index contributed by atoms with van der Waals surface area (Å²) >= 11 is 0. The summed E-state index contributed by atoms with van der Waals surface area (Å²) in [6.45, 7) is 2.13. The van der Waals surface area contributed by atoms with E-state index in [2.05, 4.69) is 5.32 Å². The van der Waals surface area contributed by atoms with Crippen LogP contribution in [0.25, 0.3) is 0 Å². The van der Waals surface area contributed by atoms with Gasteiger partial charge in [0.15, 0.2) is 0 Å². The minimum atomic E-state index is -0.725. The molecule has 0 aliphatic rings. The van der Waals surface area contributed by atoms with Crippen LogP contribution in [0.5, 0.6) is 0 Å². The Morgan fingerprint density at radius 3 is 1.88 bits per heavy atom. The summed E-state index contributed by atoms with van der Waals surface area (Å²) in [5.74, 6) is -0.474. The first-order valence-electron chi connectivity index (χ1n) is 7.87. The first-order chi connectivity index (χ1) is 11.7. The van der Waals surface area contributed by atoms with Crippen LogP contribution >= 0.6 is 0 Å². The number of rotatable bonds is 7. The number of benzene rings is 2. The topological polar surface area (TPSA) is 64.6 Å². The number of hydrogen-bond donors (Lipinski definition) is 1. The van der Waals surface area contributed by atoms with Crippen LogP contribution in [0.4, 0.5) is 4.79 Å². The summed E-state index contributed by atoms with van der Waals surface area (Å²) in [5.41, 5.74) is 1.78. The Bertz CT molecular complexity index is 643. The summed E-state index contributed by atoms with van der Waals surface area (Å²) < 4.78 is 10.4. The fraction of sp³-hybridized carbons (Fsp3) is 0.263. The maximum atomic E-state index is 12.1. The Morgan fingerprint density at radius 2 is 1.38 bits per heavy atom. The third-order valence-electron chi connectivity index (χ3n) is 3.42. The van der Waals surface area contributed by atoms with Gasteiger partial charge in [0.25, 0.3) is 0 Å². The standard InChI is InChI=1S/C19H21NO4/c1-2-17(18(21)23-13-15-9-5-3-6-10-15)20-19(22)24-14-16-11-7-4-8-12-16/h3-12,17H,2,13-14H2,1H3,(H,20,22). The third-order valence-corrected chi connectivity index (χ3v) is 3.42. The molecule has 0 radical (unpaired) electrons. The Balaban J connectivity index is 1.77. The molecule has 1 unspecified atom stereocenters. The van der Waals surface area contributed by atoms with Crippen LogP contribution in [0.3, 0.4) is 0 Å². The van der Waals surface area contributed by atoms with E-state index >= 15 is 0 Å². The molecule has 0 heterocycles. The van der Waals surface area contributed by atoms with Gasteiger partial charge in [0, 0.05) is 0 Å². The average molecular weight is 327 g/mol. The number of esters is 1. The predicted octanol–water partition coefficient (Wildman–Crippen LogP) is 3.43. The van der Waals surface area contributed by atoms with Crippen molar-refractivity contribution < 1.29 is 19.1 Å². The van der Waals surface area contributed by atoms with E-state index in [9.17, 15) is 9.59 Å². The second-order valence-corrected chi connectivity index (χ2v) is 5.26. The molecule has 2 aromatic carbocycles. The van der Waals surface area contributed by atoms with Crippen LogP contribution < -0.4 is 5.32 Å². The van der Waals surface area contributed by atoms with Gasteiger partial charge in [-0.1, -0.05) is 67.6 Å². The van der Waals surface area contributed by atoms with E-state index in [-0.39, 0.29) is 13.2 Å². The second kappa shape index (κ2) is 9.35. The Hall–Kier alpha value is -2.82. The lowest BCUT2D eigenvalue weighted by Gasteiger charge is -2.16. The van der Waals surface area contributed by atoms with Gasteiger partial charge in [0.05, 0.1) is 0 Å². The van der Waals surface area contributed by atoms with E-state index in [0.717, 1.165) is 11.1 Å². The fourth-order valence-electron chi connectivity index (χ4n) is 2.06. The summed E-state index contributed by atoms with van der Waals surface area (Å²) in [4.78, 5) is 23.9. The van der Waals surface area contributed by atoms with Gasteiger partial charge in [0.1, 0.15) is 19.3 Å². The quantitative estimate of drug-likeness (QED) is 0.791. The lowest BCUT2D eigenvalue weighted by Crippen LogP contribution is -2.41. The van der Waals surface area contributed by atoms with Crippen LogP contribution in [0.1, 0.15) is 24.5 Å². The van der Waals surface area contributed by atoms with Gasteiger partial charge in [-0.05, 0) is 17.5 Å². The minimum Gasteiger partial charge on any atom is -0.459 e. The highest BCUT2D eigenvalue weighted by atomic mass is 16.6. The van der Waals surface area contributed by atoms with E-state index in [0.29, 0.717) is 6.42 Å². The SMILES string of the molecule is CCC(NC(=O)OCc1ccccc1)C(=O)OCc1ccccc1. The maximum absolute atomic E-state index is 12.1. The van der Waals surface area contributed by atoms with Gasteiger partial charge in [-0.15, -0.1) is 0 Å². The largest absolute Gasteiger partial charge is 0.459 e. The zero-order chi connectivity index (χ0) is 17.2. The molecule has 2 rings (SSSR count). The number of carbonyl (C=O) groups excluding carboxylic acids is 2. The molecular weight excluding hydrogens is 306 g/mol. The van der Waals surface area contributed by atoms with Crippen molar-refractivity contribution in [1.82, 2.24) is 5.32 Å². The summed E-state index contributed by atoms with van der Waals surface area (Å²) in [5, 5.41) is 2.54. The van der Waals surface area contributed by atoms with E-state index in [1.54, 1.807) is 6.92 Å². The van der Waals surface area contributed by atoms with Crippen LogP contribution in [0, 0.1) is 0 Å². The van der Waals surface area contributed by atoms with Gasteiger partial charge in [0.2, 0.25) is 0 Å². The first-order valence-corrected chi connectivity index (χ1v) is 7.87. The lowest BCUT2D eigenvalue weighted by atomic mass is 10.2. The van der Waals surface area contributed by atoms with Crippen molar-refractivity contribution in [2.24, 2.45) is 0 Å². The molecule has 0 bridgehead atoms. The highest BCUT2D eigenvalue weighted by molar-refractivity contribution is 5.81. The number of hydrogen-bond acceptors (Lipinski definition) is 4. The molecule has 24 heavy (non-hydrogen) atoms. The van der Waals surface area contributed by atoms with Crippen LogP contribution in [-0.2, 0) is 27.5 Å².